The molecule has 0 unspecified atom stereocenters. The van der Waals surface area contributed by atoms with Crippen molar-refractivity contribution in [2.24, 2.45) is 5.41 Å². The van der Waals surface area contributed by atoms with Gasteiger partial charge in [-0.1, -0.05) is 35.4 Å². The van der Waals surface area contributed by atoms with Crippen LogP contribution in [0.3, 0.4) is 0 Å². The molecule has 2 rings (SSSR count). The predicted molar refractivity (Wildman–Crippen MR) is 144 cm³/mol. The lowest BCUT2D eigenvalue weighted by Crippen LogP contribution is -2.61. The molecule has 1 aliphatic rings. The molecule has 0 aliphatic carbocycles. The van der Waals surface area contributed by atoms with Crippen LogP contribution in [-0.4, -0.2) is 35.6 Å². The van der Waals surface area contributed by atoms with E-state index < -0.39 is 23.4 Å². The fourth-order valence-corrected chi connectivity index (χ4v) is 3.60. The van der Waals surface area contributed by atoms with Gasteiger partial charge in [0.2, 0.25) is 17.7 Å². The molecule has 0 spiro atoms. The summed E-state index contributed by atoms with van der Waals surface area (Å²) in [7, 11) is 0. The van der Waals surface area contributed by atoms with Gasteiger partial charge in [-0.25, -0.2) is 0 Å². The number of hydrogen-bond acceptors (Lipinski definition) is 4. The van der Waals surface area contributed by atoms with Gasteiger partial charge >= 0.3 is 0 Å². The van der Waals surface area contributed by atoms with E-state index in [1.165, 1.54) is 0 Å². The highest BCUT2D eigenvalue weighted by atomic mass is 16.2. The van der Waals surface area contributed by atoms with Crippen LogP contribution < -0.4 is 16.0 Å². The maximum absolute atomic E-state index is 13.6. The van der Waals surface area contributed by atoms with Crippen molar-refractivity contribution in [3.8, 4) is 0 Å². The van der Waals surface area contributed by atoms with Crippen molar-refractivity contribution in [2.45, 2.75) is 79.8 Å². The molecule has 0 radical (unpaired) electrons. The van der Waals surface area contributed by atoms with E-state index >= 15 is 0 Å². The lowest BCUT2D eigenvalue weighted by molar-refractivity contribution is -0.136. The van der Waals surface area contributed by atoms with Gasteiger partial charge in [0, 0.05) is 12.0 Å². The molecule has 1 aromatic carbocycles. The van der Waals surface area contributed by atoms with Gasteiger partial charge in [0.05, 0.1) is 11.1 Å². The number of ketones is 1. The van der Waals surface area contributed by atoms with Crippen molar-refractivity contribution in [3.05, 3.63) is 64.8 Å². The summed E-state index contributed by atoms with van der Waals surface area (Å²) in [5, 5.41) is 8.19. The fourth-order valence-electron chi connectivity index (χ4n) is 3.60. The number of amides is 3. The largest absolute Gasteiger partial charge is 0.343 e. The number of hydrogen-bond donors (Lipinski definition) is 3. The number of Topliss-reactive ketones (excluding diaryl/α,β-unsaturated/α-hetero) is 1. The zero-order valence-corrected chi connectivity index (χ0v) is 22.5. The smallest absolute Gasteiger partial charge is 0.243 e. The lowest BCUT2D eigenvalue weighted by atomic mass is 9.90. The molecule has 36 heavy (non-hydrogen) atoms. The van der Waals surface area contributed by atoms with Gasteiger partial charge in [-0.15, -0.1) is 6.58 Å². The van der Waals surface area contributed by atoms with Gasteiger partial charge in [-0.05, 0) is 78.5 Å². The lowest BCUT2D eigenvalue weighted by Gasteiger charge is -2.28. The van der Waals surface area contributed by atoms with Crippen LogP contribution in [0, 0.1) is 5.41 Å². The summed E-state index contributed by atoms with van der Waals surface area (Å²) in [6.07, 6.45) is 6.60. The first kappa shape index (κ1) is 28.8. The third kappa shape index (κ3) is 7.51. The van der Waals surface area contributed by atoms with Crippen molar-refractivity contribution in [2.75, 3.05) is 5.32 Å². The number of carbonyl (C=O) groups is 4. The molecule has 7 heteroatoms. The van der Waals surface area contributed by atoms with E-state index in [-0.39, 0.29) is 24.0 Å². The third-order valence-electron chi connectivity index (χ3n) is 6.17. The monoisotopic (exact) mass is 493 g/mol. The topological polar surface area (TPSA) is 104 Å². The number of allylic oxidation sites excluding steroid dienone is 4. The van der Waals surface area contributed by atoms with E-state index in [2.05, 4.69) is 28.6 Å². The van der Waals surface area contributed by atoms with Gasteiger partial charge in [0.1, 0.15) is 12.1 Å². The average Bonchev–Trinajstić information content (AvgIpc) is 2.80. The highest BCUT2D eigenvalue weighted by molar-refractivity contribution is 6.09. The summed E-state index contributed by atoms with van der Waals surface area (Å²) in [5.41, 5.74) is 3.87. The van der Waals surface area contributed by atoms with E-state index in [9.17, 15) is 19.2 Å². The Labute approximate surface area is 214 Å². The SMILES string of the molecule is C=CC(C)(C)C(=O)Nc1c(CC=C(C)C)cc(CC=C(C)C)cc1C(=O)C[C@@H]1NC(=O)[C@H](C)NC1=O. The molecule has 3 amide bonds. The summed E-state index contributed by atoms with van der Waals surface area (Å²) in [6.45, 7) is 16.8. The zero-order valence-electron chi connectivity index (χ0n) is 22.5. The molecule has 1 heterocycles. The van der Waals surface area contributed by atoms with E-state index in [1.54, 1.807) is 32.9 Å². The first-order chi connectivity index (χ1) is 16.7. The Hall–Kier alpha value is -3.48. The van der Waals surface area contributed by atoms with E-state index in [4.69, 9.17) is 0 Å². The highest BCUT2D eigenvalue weighted by Crippen LogP contribution is 2.30. The van der Waals surface area contributed by atoms with Crippen molar-refractivity contribution in [1.29, 1.82) is 0 Å². The zero-order chi connectivity index (χ0) is 27.2. The molecule has 1 fully saturated rings. The molecule has 1 aromatic rings. The van der Waals surface area contributed by atoms with Gasteiger partial charge in [-0.3, -0.25) is 19.2 Å². The van der Waals surface area contributed by atoms with Crippen LogP contribution >= 0.6 is 0 Å². The number of nitrogens with one attached hydrogen (secondary N) is 3. The number of piperazine rings is 1. The van der Waals surface area contributed by atoms with Crippen molar-refractivity contribution in [1.82, 2.24) is 10.6 Å². The maximum Gasteiger partial charge on any atom is 0.243 e. The molecule has 1 aliphatic heterocycles. The minimum atomic E-state index is -0.975. The molecule has 194 valence electrons. The van der Waals surface area contributed by atoms with Crippen LogP contribution in [0.1, 0.15) is 76.4 Å². The molecule has 1 saturated heterocycles. The Kier molecular flexibility index (Phi) is 9.56. The molecule has 2 atom stereocenters. The van der Waals surface area contributed by atoms with Crippen LogP contribution in [-0.2, 0) is 27.2 Å². The number of anilines is 1. The second kappa shape index (κ2) is 12.0. The second-order valence-corrected chi connectivity index (χ2v) is 10.4. The Morgan fingerprint density at radius 2 is 1.61 bits per heavy atom. The molecule has 0 aromatic heterocycles. The van der Waals surface area contributed by atoms with Crippen molar-refractivity contribution >= 4 is 29.2 Å². The average molecular weight is 494 g/mol. The van der Waals surface area contributed by atoms with E-state index in [0.29, 0.717) is 24.1 Å². The van der Waals surface area contributed by atoms with Gasteiger partial charge in [-0.2, -0.15) is 0 Å². The van der Waals surface area contributed by atoms with Crippen LogP contribution in [0.2, 0.25) is 0 Å². The summed E-state index contributed by atoms with van der Waals surface area (Å²) in [6, 6.07) is 2.15. The molecular weight excluding hydrogens is 454 g/mol. The van der Waals surface area contributed by atoms with Crippen LogP contribution in [0.25, 0.3) is 0 Å². The van der Waals surface area contributed by atoms with Gasteiger partial charge in [0.15, 0.2) is 5.78 Å². The fraction of sp³-hybridized carbons (Fsp3) is 0.448. The maximum atomic E-state index is 13.6. The second-order valence-electron chi connectivity index (χ2n) is 10.4. The predicted octanol–water partition coefficient (Wildman–Crippen LogP) is 4.43. The first-order valence-corrected chi connectivity index (χ1v) is 12.3. The molecule has 0 saturated carbocycles. The van der Waals surface area contributed by atoms with E-state index in [1.807, 2.05) is 39.8 Å². The third-order valence-corrected chi connectivity index (χ3v) is 6.17. The first-order valence-electron chi connectivity index (χ1n) is 12.3. The quantitative estimate of drug-likeness (QED) is 0.331. The highest BCUT2D eigenvalue weighted by Gasteiger charge is 2.34. The normalized spacial score (nSPS) is 17.4. The van der Waals surface area contributed by atoms with Crippen molar-refractivity contribution in [3.63, 3.8) is 0 Å². The van der Waals surface area contributed by atoms with Gasteiger partial charge < -0.3 is 16.0 Å². The molecule has 3 N–H and O–H groups in total. The summed E-state index contributed by atoms with van der Waals surface area (Å²) >= 11 is 0. The molecule has 0 bridgehead atoms. The Balaban J connectivity index is 2.60. The molecular formula is C29H39N3O4. The van der Waals surface area contributed by atoms with Crippen LogP contribution in [0.15, 0.2) is 48.1 Å². The molecule has 7 nitrogen and oxygen atoms in total. The Morgan fingerprint density at radius 1 is 1.00 bits per heavy atom. The van der Waals surface area contributed by atoms with Crippen molar-refractivity contribution < 1.29 is 19.2 Å². The summed E-state index contributed by atoms with van der Waals surface area (Å²) in [5.74, 6) is -1.37. The number of rotatable bonds is 10. The summed E-state index contributed by atoms with van der Waals surface area (Å²) in [4.78, 5) is 51.3. The number of benzene rings is 1. The number of carbonyl (C=O) groups excluding carboxylic acids is 4. The summed E-state index contributed by atoms with van der Waals surface area (Å²) < 4.78 is 0. The Bertz CT molecular complexity index is 1120. The minimum absolute atomic E-state index is 0.216. The standard InChI is InChI=1S/C29H39N3O4/c1-9-29(7,8)28(36)32-25-21(13-11-18(4)5)14-20(12-10-17(2)3)15-22(25)24(33)16-23-27(35)30-19(6)26(34)31-23/h9-11,14-15,19,23H,1,12-13,16H2,2-8H3,(H,30,35)(H,31,34)(H,32,36)/t19-,23-/m0/s1. The van der Waals surface area contributed by atoms with E-state index in [0.717, 1.165) is 22.3 Å². The Morgan fingerprint density at radius 3 is 2.19 bits per heavy atom. The van der Waals surface area contributed by atoms with Gasteiger partial charge in [0.25, 0.3) is 0 Å². The van der Waals surface area contributed by atoms with Crippen LogP contribution in [0.4, 0.5) is 5.69 Å². The minimum Gasteiger partial charge on any atom is -0.343 e. The van der Waals surface area contributed by atoms with Crippen LogP contribution in [0.5, 0.6) is 0 Å².